The molecule has 1 unspecified atom stereocenters. The summed E-state index contributed by atoms with van der Waals surface area (Å²) in [7, 11) is 0. The second-order valence-corrected chi connectivity index (χ2v) is 12.2. The Bertz CT molecular complexity index is 1100. The van der Waals surface area contributed by atoms with Gasteiger partial charge in [0.1, 0.15) is 5.75 Å². The fourth-order valence-corrected chi connectivity index (χ4v) is 5.62. The van der Waals surface area contributed by atoms with Crippen molar-refractivity contribution >= 4 is 17.8 Å². The number of unbranched alkanes of at least 4 members (excludes halogenated alkanes) is 11. The lowest BCUT2D eigenvalue weighted by molar-refractivity contribution is -0.116. The number of hydrogen-bond acceptors (Lipinski definition) is 3. The summed E-state index contributed by atoms with van der Waals surface area (Å²) in [5, 5.41) is 0. The number of carbonyl (C=O) groups excluding carboxylic acids is 1. The Balaban J connectivity index is 1.39. The molecule has 0 saturated carbocycles. The topological polar surface area (TPSA) is 41.9 Å². The molecule has 0 fully saturated rings. The summed E-state index contributed by atoms with van der Waals surface area (Å²) in [6, 6.07) is 16.6. The fourth-order valence-electron chi connectivity index (χ4n) is 5.62. The first-order valence-electron chi connectivity index (χ1n) is 16.2. The molecule has 2 aromatic carbocycles. The summed E-state index contributed by atoms with van der Waals surface area (Å²) < 4.78 is 6.00. The molecular formula is C37H54N2O2. The van der Waals surface area contributed by atoms with Crippen molar-refractivity contribution in [3.8, 4) is 5.75 Å². The SMILES string of the molecule is CCCCCCCCCCCCCCOc1ccc(CN(C(C)=O)c2cccc(CC3(C)CN=CC=C3C)c2)cc1. The average molecular weight is 559 g/mol. The molecule has 1 heterocycles. The molecule has 0 aliphatic carbocycles. The van der Waals surface area contributed by atoms with Gasteiger partial charge in [-0.1, -0.05) is 114 Å². The van der Waals surface area contributed by atoms with Crippen molar-refractivity contribution in [2.45, 2.75) is 118 Å². The smallest absolute Gasteiger partial charge is 0.224 e. The van der Waals surface area contributed by atoms with Crippen LogP contribution in [0.4, 0.5) is 5.69 Å². The molecular weight excluding hydrogens is 504 g/mol. The largest absolute Gasteiger partial charge is 0.494 e. The molecule has 1 aliphatic rings. The molecule has 0 aromatic heterocycles. The number of amides is 1. The predicted octanol–water partition coefficient (Wildman–Crippen LogP) is 9.90. The molecule has 2 aromatic rings. The highest BCUT2D eigenvalue weighted by Crippen LogP contribution is 2.34. The second kappa shape index (κ2) is 17.8. The molecule has 0 spiro atoms. The molecule has 3 rings (SSSR count). The molecule has 41 heavy (non-hydrogen) atoms. The monoisotopic (exact) mass is 558 g/mol. The van der Waals surface area contributed by atoms with Crippen LogP contribution in [0.2, 0.25) is 0 Å². The molecule has 1 amide bonds. The van der Waals surface area contributed by atoms with Crippen molar-refractivity contribution in [3.05, 3.63) is 71.3 Å². The van der Waals surface area contributed by atoms with E-state index in [-0.39, 0.29) is 11.3 Å². The minimum absolute atomic E-state index is 0.0114. The van der Waals surface area contributed by atoms with Gasteiger partial charge in [0.05, 0.1) is 13.2 Å². The lowest BCUT2D eigenvalue weighted by Gasteiger charge is -2.31. The Morgan fingerprint density at radius 2 is 1.51 bits per heavy atom. The van der Waals surface area contributed by atoms with Crippen LogP contribution in [0.5, 0.6) is 5.75 Å². The van der Waals surface area contributed by atoms with E-state index in [0.29, 0.717) is 6.54 Å². The third kappa shape index (κ3) is 11.5. The van der Waals surface area contributed by atoms with Crippen molar-refractivity contribution in [1.82, 2.24) is 0 Å². The average Bonchev–Trinajstić information content (AvgIpc) is 2.96. The van der Waals surface area contributed by atoms with Gasteiger partial charge in [-0.2, -0.15) is 0 Å². The van der Waals surface area contributed by atoms with Gasteiger partial charge >= 0.3 is 0 Å². The zero-order valence-electron chi connectivity index (χ0n) is 26.3. The minimum Gasteiger partial charge on any atom is -0.494 e. The highest BCUT2D eigenvalue weighted by molar-refractivity contribution is 5.91. The lowest BCUT2D eigenvalue weighted by atomic mass is 9.76. The van der Waals surface area contributed by atoms with Crippen LogP contribution in [0.3, 0.4) is 0 Å². The Hall–Kier alpha value is -2.88. The van der Waals surface area contributed by atoms with Gasteiger partial charge in [0.2, 0.25) is 5.91 Å². The van der Waals surface area contributed by atoms with E-state index >= 15 is 0 Å². The maximum Gasteiger partial charge on any atom is 0.224 e. The number of ether oxygens (including phenoxy) is 1. The van der Waals surface area contributed by atoms with Crippen molar-refractivity contribution in [3.63, 3.8) is 0 Å². The van der Waals surface area contributed by atoms with Gasteiger partial charge in [-0.25, -0.2) is 0 Å². The van der Waals surface area contributed by atoms with Crippen LogP contribution in [-0.2, 0) is 17.8 Å². The molecule has 0 saturated heterocycles. The van der Waals surface area contributed by atoms with E-state index in [0.717, 1.165) is 43.0 Å². The summed E-state index contributed by atoms with van der Waals surface area (Å²) >= 11 is 0. The molecule has 4 heteroatoms. The second-order valence-electron chi connectivity index (χ2n) is 12.2. The van der Waals surface area contributed by atoms with Gasteiger partial charge in [0.15, 0.2) is 0 Å². The zero-order valence-corrected chi connectivity index (χ0v) is 26.3. The van der Waals surface area contributed by atoms with Crippen LogP contribution in [0, 0.1) is 5.41 Å². The third-order valence-corrected chi connectivity index (χ3v) is 8.55. The van der Waals surface area contributed by atoms with Crippen LogP contribution in [0.1, 0.15) is 116 Å². The molecule has 1 aliphatic heterocycles. The summed E-state index contributed by atoms with van der Waals surface area (Å²) in [5.74, 6) is 0.944. The van der Waals surface area contributed by atoms with Gasteiger partial charge < -0.3 is 9.64 Å². The normalized spacial score (nSPS) is 16.4. The standard InChI is InChI=1S/C37H54N2O2/c1-5-6-7-8-9-10-11-12-13-14-15-16-26-41-36-22-20-33(21-23-36)29-39(32(3)40)35-19-17-18-34(27-35)28-37(4)30-38-25-24-31(37)2/h17-25,27H,5-16,26,28-30H2,1-4H3. The number of anilines is 1. The Morgan fingerprint density at radius 3 is 2.12 bits per heavy atom. The van der Waals surface area contributed by atoms with Crippen molar-refractivity contribution in [1.29, 1.82) is 0 Å². The predicted molar refractivity (Wildman–Crippen MR) is 175 cm³/mol. The number of carbonyl (C=O) groups is 1. The molecule has 4 nitrogen and oxygen atoms in total. The van der Waals surface area contributed by atoms with Crippen molar-refractivity contribution < 1.29 is 9.53 Å². The van der Waals surface area contributed by atoms with Gasteiger partial charge in [0, 0.05) is 30.8 Å². The van der Waals surface area contributed by atoms with Gasteiger partial charge in [-0.05, 0) is 61.2 Å². The maximum atomic E-state index is 12.7. The number of benzene rings is 2. The number of dihydropyridines is 1. The summed E-state index contributed by atoms with van der Waals surface area (Å²) in [6.07, 6.45) is 21.1. The summed E-state index contributed by atoms with van der Waals surface area (Å²) in [5.41, 5.74) is 4.62. The molecule has 0 N–H and O–H groups in total. The first-order valence-corrected chi connectivity index (χ1v) is 16.2. The van der Waals surface area contributed by atoms with Crippen LogP contribution in [-0.4, -0.2) is 25.3 Å². The summed E-state index contributed by atoms with van der Waals surface area (Å²) in [6.45, 7) is 10.5. The van der Waals surface area contributed by atoms with Crippen LogP contribution < -0.4 is 9.64 Å². The molecule has 1 atom stereocenters. The van der Waals surface area contributed by atoms with E-state index in [1.807, 2.05) is 29.3 Å². The van der Waals surface area contributed by atoms with Crippen molar-refractivity contribution in [2.24, 2.45) is 10.4 Å². The van der Waals surface area contributed by atoms with Crippen LogP contribution in [0.25, 0.3) is 0 Å². The Kier molecular flexibility index (Phi) is 14.2. The van der Waals surface area contributed by atoms with E-state index in [1.165, 1.54) is 81.8 Å². The van der Waals surface area contributed by atoms with E-state index in [1.54, 1.807) is 6.92 Å². The van der Waals surface area contributed by atoms with E-state index in [9.17, 15) is 4.79 Å². The van der Waals surface area contributed by atoms with Crippen molar-refractivity contribution in [2.75, 3.05) is 18.1 Å². The highest BCUT2D eigenvalue weighted by atomic mass is 16.5. The van der Waals surface area contributed by atoms with E-state index in [4.69, 9.17) is 4.74 Å². The van der Waals surface area contributed by atoms with Gasteiger partial charge in [-0.3, -0.25) is 9.79 Å². The number of nitrogens with zero attached hydrogens (tertiary/aromatic N) is 2. The first kappa shape index (κ1) is 32.6. The maximum absolute atomic E-state index is 12.7. The third-order valence-electron chi connectivity index (χ3n) is 8.55. The van der Waals surface area contributed by atoms with E-state index < -0.39 is 0 Å². The van der Waals surface area contributed by atoms with Gasteiger partial charge in [0.25, 0.3) is 0 Å². The minimum atomic E-state index is 0.0114. The molecule has 224 valence electrons. The number of hydrogen-bond donors (Lipinski definition) is 0. The Labute approximate surface area is 250 Å². The molecule has 0 radical (unpaired) electrons. The zero-order chi connectivity index (χ0) is 29.3. The number of allylic oxidation sites excluding steroid dienone is 1. The van der Waals surface area contributed by atoms with Gasteiger partial charge in [-0.15, -0.1) is 0 Å². The number of rotatable bonds is 19. The molecule has 0 bridgehead atoms. The number of aliphatic imine (C=N–C) groups is 1. The quantitative estimate of drug-likeness (QED) is 0.161. The lowest BCUT2D eigenvalue weighted by Crippen LogP contribution is -2.29. The van der Waals surface area contributed by atoms with E-state index in [2.05, 4.69) is 62.2 Å². The summed E-state index contributed by atoms with van der Waals surface area (Å²) in [4.78, 5) is 19.0. The highest BCUT2D eigenvalue weighted by Gasteiger charge is 2.28. The Morgan fingerprint density at radius 1 is 0.878 bits per heavy atom. The van der Waals surface area contributed by atoms with Crippen LogP contribution >= 0.6 is 0 Å². The first-order chi connectivity index (χ1) is 19.9. The van der Waals surface area contributed by atoms with Crippen LogP contribution in [0.15, 0.2) is 65.2 Å². The fraction of sp³-hybridized carbons (Fsp3) is 0.568.